The fourth-order valence-corrected chi connectivity index (χ4v) is 9.22. The summed E-state index contributed by atoms with van der Waals surface area (Å²) in [5.74, 6) is 0. The highest BCUT2D eigenvalue weighted by molar-refractivity contribution is 6.01. The maximum Gasteiger partial charge on any atom is 0.0495 e. The molecule has 0 fully saturated rings. The van der Waals surface area contributed by atoms with Crippen LogP contribution >= 0.6 is 0 Å². The molecule has 3 aliphatic rings. The van der Waals surface area contributed by atoms with Crippen LogP contribution in [-0.4, -0.2) is 11.1 Å². The first-order chi connectivity index (χ1) is 24.4. The zero-order valence-electron chi connectivity index (χ0n) is 31.8. The Labute approximate surface area is 305 Å². The van der Waals surface area contributed by atoms with E-state index < -0.39 is 0 Å². The first-order valence-corrected chi connectivity index (χ1v) is 18.9. The van der Waals surface area contributed by atoms with Crippen LogP contribution < -0.4 is 9.80 Å². The topological polar surface area (TPSA) is 6.48 Å². The molecule has 0 atom stereocenters. The van der Waals surface area contributed by atoms with Crippen LogP contribution in [0.1, 0.15) is 102 Å². The van der Waals surface area contributed by atoms with Crippen LogP contribution in [0.5, 0.6) is 0 Å². The number of hydrogen-bond acceptors (Lipinski definition) is 2. The van der Waals surface area contributed by atoms with Gasteiger partial charge in [0.15, 0.2) is 0 Å². The summed E-state index contributed by atoms with van der Waals surface area (Å²) in [6.45, 7) is 18.8. The van der Waals surface area contributed by atoms with Crippen molar-refractivity contribution in [1.29, 1.82) is 0 Å². The summed E-state index contributed by atoms with van der Waals surface area (Å²) in [6.07, 6.45) is 13.6. The van der Waals surface area contributed by atoms with Crippen LogP contribution in [0.25, 0.3) is 34.1 Å². The van der Waals surface area contributed by atoms with Gasteiger partial charge in [-0.2, -0.15) is 0 Å². The molecule has 0 amide bonds. The molecule has 5 aromatic rings. The predicted octanol–water partition coefficient (Wildman–Crippen LogP) is 13.4. The van der Waals surface area contributed by atoms with E-state index in [9.17, 15) is 0 Å². The largest absolute Gasteiger partial charge is 0.336 e. The van der Waals surface area contributed by atoms with Crippen LogP contribution in [0.15, 0.2) is 120 Å². The van der Waals surface area contributed by atoms with E-state index in [1.165, 1.54) is 78.0 Å². The fourth-order valence-electron chi connectivity index (χ4n) is 9.22. The van der Waals surface area contributed by atoms with E-state index in [1.807, 2.05) is 0 Å². The maximum atomic E-state index is 2.58. The summed E-state index contributed by atoms with van der Waals surface area (Å²) in [5.41, 5.74) is 16.2. The Morgan fingerprint density at radius 1 is 0.588 bits per heavy atom. The number of anilines is 3. The number of hydrogen-bond donors (Lipinski definition) is 0. The molecule has 2 nitrogen and oxygen atoms in total. The van der Waals surface area contributed by atoms with E-state index in [1.54, 1.807) is 0 Å². The number of para-hydroxylation sites is 1. The lowest BCUT2D eigenvalue weighted by Gasteiger charge is -2.46. The third kappa shape index (κ3) is 5.46. The lowest BCUT2D eigenvalue weighted by Crippen LogP contribution is -2.46. The van der Waals surface area contributed by atoms with Gasteiger partial charge in [0.05, 0.1) is 0 Å². The van der Waals surface area contributed by atoms with Gasteiger partial charge in [-0.1, -0.05) is 105 Å². The smallest absolute Gasteiger partial charge is 0.0495 e. The standard InChI is InChI=1S/C49H52N2/c1-9-14-44-33(2)27-29-48(5,6)51(44)46-20-13-17-38-35(16-12-18-41(38)46)23-21-34-22-25-39-40-26-24-37(32-43(40)49(7,8)42(39)31-34)50-45-19-11-10-15-36(45)28-30-47(50,3)4/h9-26,31-32H,27-30H2,1-8H3/b14-9-,23-21+. The molecule has 2 heteroatoms. The zero-order chi connectivity index (χ0) is 35.7. The number of nitrogens with zero attached hydrogens (tertiary/aromatic N) is 2. The van der Waals surface area contributed by atoms with Crippen LogP contribution in [0.4, 0.5) is 17.1 Å². The van der Waals surface area contributed by atoms with E-state index in [0.29, 0.717) is 0 Å². The van der Waals surface area contributed by atoms with Crippen molar-refractivity contribution in [2.24, 2.45) is 0 Å². The van der Waals surface area contributed by atoms with Crippen molar-refractivity contribution < 1.29 is 0 Å². The fraction of sp³-hybridized carbons (Fsp3) is 0.306. The third-order valence-corrected chi connectivity index (χ3v) is 12.1. The number of benzene rings is 5. The van der Waals surface area contributed by atoms with Crippen molar-refractivity contribution in [2.75, 3.05) is 9.80 Å². The van der Waals surface area contributed by atoms with E-state index in [4.69, 9.17) is 0 Å². The molecule has 0 aromatic heterocycles. The first kappa shape index (κ1) is 33.3. The molecule has 0 saturated heterocycles. The van der Waals surface area contributed by atoms with Gasteiger partial charge in [0.1, 0.15) is 0 Å². The summed E-state index contributed by atoms with van der Waals surface area (Å²) in [7, 11) is 0. The summed E-state index contributed by atoms with van der Waals surface area (Å²) < 4.78 is 0. The van der Waals surface area contributed by atoms with E-state index >= 15 is 0 Å². The Hall–Kier alpha value is -4.82. The van der Waals surface area contributed by atoms with Crippen molar-refractivity contribution in [3.05, 3.63) is 148 Å². The van der Waals surface area contributed by atoms with Gasteiger partial charge >= 0.3 is 0 Å². The molecule has 1 aliphatic carbocycles. The van der Waals surface area contributed by atoms with E-state index in [-0.39, 0.29) is 16.5 Å². The van der Waals surface area contributed by atoms with Crippen LogP contribution in [0.2, 0.25) is 0 Å². The lowest BCUT2D eigenvalue weighted by molar-refractivity contribution is 0.433. The molecular weight excluding hydrogens is 617 g/mol. The number of rotatable bonds is 5. The Balaban J connectivity index is 1.14. The predicted molar refractivity (Wildman–Crippen MR) is 221 cm³/mol. The van der Waals surface area contributed by atoms with Crippen molar-refractivity contribution in [3.8, 4) is 11.1 Å². The second-order valence-electron chi connectivity index (χ2n) is 16.8. The average molecular weight is 669 g/mol. The molecule has 0 bridgehead atoms. The van der Waals surface area contributed by atoms with Gasteiger partial charge in [0.25, 0.3) is 0 Å². The Morgan fingerprint density at radius 3 is 2.06 bits per heavy atom. The summed E-state index contributed by atoms with van der Waals surface area (Å²) in [4.78, 5) is 5.17. The second-order valence-corrected chi connectivity index (χ2v) is 16.8. The minimum atomic E-state index is -0.101. The molecule has 0 spiro atoms. The lowest BCUT2D eigenvalue weighted by atomic mass is 9.81. The molecule has 2 aliphatic heterocycles. The molecule has 2 heterocycles. The zero-order valence-corrected chi connectivity index (χ0v) is 31.8. The Bertz CT molecular complexity index is 2270. The molecule has 5 aromatic carbocycles. The van der Waals surface area contributed by atoms with Crippen molar-refractivity contribution in [2.45, 2.75) is 97.6 Å². The Kier molecular flexibility index (Phi) is 7.94. The minimum Gasteiger partial charge on any atom is -0.336 e. The number of allylic oxidation sites excluding steroid dienone is 3. The number of aryl methyl sites for hydroxylation is 1. The molecule has 0 N–H and O–H groups in total. The second kappa shape index (κ2) is 12.2. The molecule has 0 radical (unpaired) electrons. The van der Waals surface area contributed by atoms with Crippen molar-refractivity contribution in [1.82, 2.24) is 0 Å². The van der Waals surface area contributed by atoms with Gasteiger partial charge in [-0.25, -0.2) is 0 Å². The highest BCUT2D eigenvalue weighted by Gasteiger charge is 2.39. The highest BCUT2D eigenvalue weighted by atomic mass is 15.2. The first-order valence-electron chi connectivity index (χ1n) is 18.9. The van der Waals surface area contributed by atoms with Crippen LogP contribution in [0, 0.1) is 0 Å². The van der Waals surface area contributed by atoms with Crippen molar-refractivity contribution >= 4 is 40.0 Å². The van der Waals surface area contributed by atoms with Gasteiger partial charge < -0.3 is 9.80 Å². The number of fused-ring (bicyclic) bond motifs is 5. The van der Waals surface area contributed by atoms with Crippen LogP contribution in [0.3, 0.4) is 0 Å². The summed E-state index contributed by atoms with van der Waals surface area (Å²) in [6, 6.07) is 36.8. The summed E-state index contributed by atoms with van der Waals surface area (Å²) >= 11 is 0. The quantitative estimate of drug-likeness (QED) is 0.172. The average Bonchev–Trinajstić information content (AvgIpc) is 3.33. The maximum absolute atomic E-state index is 2.58. The highest BCUT2D eigenvalue weighted by Crippen LogP contribution is 2.52. The van der Waals surface area contributed by atoms with Gasteiger partial charge in [0, 0.05) is 44.6 Å². The van der Waals surface area contributed by atoms with Gasteiger partial charge in [0.2, 0.25) is 0 Å². The molecular formula is C49H52N2. The molecule has 8 rings (SSSR count). The normalized spacial score (nSPS) is 18.8. The molecule has 51 heavy (non-hydrogen) atoms. The SMILES string of the molecule is C/C=C\C1=C(C)CCC(C)(C)N1c1cccc2c(/C=C/c3ccc4c(c3)C(C)(C)c3cc(N5c6ccccc6CCC5(C)C)ccc3-4)cccc12. The van der Waals surface area contributed by atoms with Crippen LogP contribution in [-0.2, 0) is 11.8 Å². The van der Waals surface area contributed by atoms with Gasteiger partial charge in [-0.3, -0.25) is 0 Å². The third-order valence-electron chi connectivity index (χ3n) is 12.1. The Morgan fingerprint density at radius 2 is 1.25 bits per heavy atom. The summed E-state index contributed by atoms with van der Waals surface area (Å²) in [5, 5.41) is 2.58. The van der Waals surface area contributed by atoms with E-state index in [0.717, 1.165) is 25.7 Å². The van der Waals surface area contributed by atoms with Gasteiger partial charge in [-0.15, -0.1) is 0 Å². The monoisotopic (exact) mass is 668 g/mol. The van der Waals surface area contributed by atoms with Gasteiger partial charge in [-0.05, 0) is 147 Å². The minimum absolute atomic E-state index is 0.0263. The molecule has 0 unspecified atom stereocenters. The van der Waals surface area contributed by atoms with Crippen molar-refractivity contribution in [3.63, 3.8) is 0 Å². The molecule has 0 saturated carbocycles. The molecule has 258 valence electrons. The van der Waals surface area contributed by atoms with E-state index in [2.05, 4.69) is 187 Å².